The number of para-hydroxylation sites is 1. The van der Waals surface area contributed by atoms with Crippen LogP contribution in [0.1, 0.15) is 11.1 Å². The summed E-state index contributed by atoms with van der Waals surface area (Å²) in [6, 6.07) is 13.3. The molecule has 0 saturated heterocycles. The Morgan fingerprint density at radius 3 is 2.64 bits per heavy atom. The van der Waals surface area contributed by atoms with Crippen LogP contribution in [0.5, 0.6) is 0 Å². The lowest BCUT2D eigenvalue weighted by atomic mass is 10.2. The maximum Gasteiger partial charge on any atom is 0.240 e. The van der Waals surface area contributed by atoms with Crippen molar-refractivity contribution in [2.75, 3.05) is 6.54 Å². The van der Waals surface area contributed by atoms with Crippen LogP contribution in [0.4, 0.5) is 4.39 Å². The average Bonchev–Trinajstić information content (AvgIpc) is 3.04. The molecule has 3 rings (SSSR count). The van der Waals surface area contributed by atoms with E-state index in [9.17, 15) is 12.8 Å². The highest BCUT2D eigenvalue weighted by Crippen LogP contribution is 2.16. The molecule has 0 atom stereocenters. The highest BCUT2D eigenvalue weighted by atomic mass is 32.2. The van der Waals surface area contributed by atoms with E-state index in [2.05, 4.69) is 9.82 Å². The third-order valence-corrected chi connectivity index (χ3v) is 5.41. The molecule has 2 aromatic carbocycles. The number of hydrogen-bond acceptors (Lipinski definition) is 3. The third kappa shape index (κ3) is 4.12. The van der Waals surface area contributed by atoms with Gasteiger partial charge in [-0.05, 0) is 54.8 Å². The van der Waals surface area contributed by atoms with Crippen LogP contribution in [0.25, 0.3) is 5.69 Å². The summed E-state index contributed by atoms with van der Waals surface area (Å²) in [5, 5.41) is 4.28. The molecule has 130 valence electrons. The highest BCUT2D eigenvalue weighted by molar-refractivity contribution is 7.89. The first-order valence-electron chi connectivity index (χ1n) is 7.80. The van der Waals surface area contributed by atoms with Crippen molar-refractivity contribution >= 4 is 10.0 Å². The van der Waals surface area contributed by atoms with Crippen LogP contribution in [0.3, 0.4) is 0 Å². The van der Waals surface area contributed by atoms with Crippen molar-refractivity contribution in [2.24, 2.45) is 0 Å². The molecule has 3 aromatic rings. The lowest BCUT2D eigenvalue weighted by Crippen LogP contribution is -2.26. The Morgan fingerprint density at radius 2 is 1.92 bits per heavy atom. The number of benzene rings is 2. The Labute approximate surface area is 146 Å². The molecule has 1 N–H and O–H groups in total. The number of hydrogen-bond donors (Lipinski definition) is 1. The molecule has 0 amide bonds. The fourth-order valence-electron chi connectivity index (χ4n) is 2.53. The summed E-state index contributed by atoms with van der Waals surface area (Å²) in [5.41, 5.74) is 2.24. The predicted octanol–water partition coefficient (Wildman–Crippen LogP) is 2.84. The van der Waals surface area contributed by atoms with Crippen LogP contribution in [-0.4, -0.2) is 24.7 Å². The second-order valence-electron chi connectivity index (χ2n) is 5.69. The summed E-state index contributed by atoms with van der Waals surface area (Å²) in [4.78, 5) is 0.0916. The van der Waals surface area contributed by atoms with E-state index in [1.54, 1.807) is 17.8 Å². The molecule has 0 fully saturated rings. The molecule has 25 heavy (non-hydrogen) atoms. The van der Waals surface area contributed by atoms with Crippen LogP contribution in [-0.2, 0) is 16.4 Å². The van der Waals surface area contributed by atoms with Gasteiger partial charge < -0.3 is 0 Å². The molecule has 0 saturated carbocycles. The second kappa shape index (κ2) is 7.16. The summed E-state index contributed by atoms with van der Waals surface area (Å²) in [7, 11) is -3.67. The Morgan fingerprint density at radius 1 is 1.16 bits per heavy atom. The molecule has 7 heteroatoms. The van der Waals surface area contributed by atoms with Crippen molar-refractivity contribution < 1.29 is 12.8 Å². The molecular formula is C18H18FN3O2S. The van der Waals surface area contributed by atoms with Crippen molar-refractivity contribution in [3.63, 3.8) is 0 Å². The molecule has 0 radical (unpaired) electrons. The van der Waals surface area contributed by atoms with Gasteiger partial charge in [0.15, 0.2) is 0 Å². The van der Waals surface area contributed by atoms with E-state index in [4.69, 9.17) is 0 Å². The standard InChI is InChI=1S/C18H18FN3O2S/c1-14-11-16(19)7-8-18(14)25(23,24)21-10-9-15-12-20-22(13-15)17-5-3-2-4-6-17/h2-8,11-13,21H,9-10H2,1H3. The van der Waals surface area contributed by atoms with Gasteiger partial charge in [0.25, 0.3) is 0 Å². The molecule has 0 aliphatic heterocycles. The van der Waals surface area contributed by atoms with Crippen LogP contribution >= 0.6 is 0 Å². The maximum atomic E-state index is 13.1. The molecule has 1 heterocycles. The van der Waals surface area contributed by atoms with E-state index >= 15 is 0 Å². The van der Waals surface area contributed by atoms with Crippen molar-refractivity contribution in [3.05, 3.63) is 77.9 Å². The normalized spacial score (nSPS) is 11.6. The van der Waals surface area contributed by atoms with E-state index in [0.717, 1.165) is 17.3 Å². The Balaban J connectivity index is 1.64. The van der Waals surface area contributed by atoms with E-state index in [0.29, 0.717) is 12.0 Å². The van der Waals surface area contributed by atoms with Gasteiger partial charge in [-0.2, -0.15) is 5.10 Å². The zero-order valence-electron chi connectivity index (χ0n) is 13.7. The zero-order chi connectivity index (χ0) is 17.9. The SMILES string of the molecule is Cc1cc(F)ccc1S(=O)(=O)NCCc1cnn(-c2ccccc2)c1. The lowest BCUT2D eigenvalue weighted by molar-refractivity contribution is 0.580. The van der Waals surface area contributed by atoms with Gasteiger partial charge in [-0.3, -0.25) is 0 Å². The summed E-state index contributed by atoms with van der Waals surface area (Å²) >= 11 is 0. The Bertz CT molecular complexity index is 969. The van der Waals surface area contributed by atoms with Gasteiger partial charge in [0.1, 0.15) is 5.82 Å². The minimum atomic E-state index is -3.67. The summed E-state index contributed by atoms with van der Waals surface area (Å²) in [6.07, 6.45) is 4.09. The van der Waals surface area contributed by atoms with Gasteiger partial charge in [0.05, 0.1) is 16.8 Å². The van der Waals surface area contributed by atoms with E-state index < -0.39 is 15.8 Å². The Hall–Kier alpha value is -2.51. The van der Waals surface area contributed by atoms with Crippen LogP contribution in [0.2, 0.25) is 0 Å². The number of aryl methyl sites for hydroxylation is 1. The largest absolute Gasteiger partial charge is 0.241 e. The fourth-order valence-corrected chi connectivity index (χ4v) is 3.79. The molecular weight excluding hydrogens is 341 g/mol. The van der Waals surface area contributed by atoms with Gasteiger partial charge in [0, 0.05) is 12.7 Å². The first-order chi connectivity index (χ1) is 12.0. The first-order valence-corrected chi connectivity index (χ1v) is 9.29. The molecule has 0 unspecified atom stereocenters. The monoisotopic (exact) mass is 359 g/mol. The number of halogens is 1. The molecule has 0 spiro atoms. The fraction of sp³-hybridized carbons (Fsp3) is 0.167. The second-order valence-corrected chi connectivity index (χ2v) is 7.42. The number of nitrogens with zero attached hydrogens (tertiary/aromatic N) is 2. The number of aromatic nitrogens is 2. The molecule has 0 aliphatic rings. The summed E-state index contributed by atoms with van der Waals surface area (Å²) < 4.78 is 42.1. The number of nitrogens with one attached hydrogen (secondary N) is 1. The first kappa shape index (κ1) is 17.3. The van der Waals surface area contributed by atoms with E-state index in [-0.39, 0.29) is 11.4 Å². The number of sulfonamides is 1. The summed E-state index contributed by atoms with van der Waals surface area (Å²) in [5.74, 6) is -0.454. The van der Waals surface area contributed by atoms with Gasteiger partial charge in [-0.15, -0.1) is 0 Å². The van der Waals surface area contributed by atoms with Gasteiger partial charge >= 0.3 is 0 Å². The minimum absolute atomic E-state index is 0.0916. The van der Waals surface area contributed by atoms with E-state index in [1.165, 1.54) is 12.1 Å². The van der Waals surface area contributed by atoms with Crippen molar-refractivity contribution in [1.29, 1.82) is 0 Å². The van der Waals surface area contributed by atoms with Crippen LogP contribution < -0.4 is 4.72 Å². The van der Waals surface area contributed by atoms with Crippen molar-refractivity contribution in [1.82, 2.24) is 14.5 Å². The zero-order valence-corrected chi connectivity index (χ0v) is 14.5. The van der Waals surface area contributed by atoms with Crippen LogP contribution in [0, 0.1) is 12.7 Å². The van der Waals surface area contributed by atoms with Crippen molar-refractivity contribution in [3.8, 4) is 5.69 Å². The third-order valence-electron chi connectivity index (χ3n) is 3.79. The average molecular weight is 359 g/mol. The molecule has 0 bridgehead atoms. The smallest absolute Gasteiger partial charge is 0.240 e. The van der Waals surface area contributed by atoms with Gasteiger partial charge in [-0.1, -0.05) is 18.2 Å². The predicted molar refractivity (Wildman–Crippen MR) is 93.6 cm³/mol. The topological polar surface area (TPSA) is 64.0 Å². The summed E-state index contributed by atoms with van der Waals surface area (Å²) in [6.45, 7) is 1.81. The minimum Gasteiger partial charge on any atom is -0.241 e. The molecule has 5 nitrogen and oxygen atoms in total. The van der Waals surface area contributed by atoms with Crippen molar-refractivity contribution in [2.45, 2.75) is 18.2 Å². The number of rotatable bonds is 6. The maximum absolute atomic E-state index is 13.1. The van der Waals surface area contributed by atoms with Crippen LogP contribution in [0.15, 0.2) is 65.8 Å². The molecule has 1 aromatic heterocycles. The Kier molecular flexibility index (Phi) is 4.96. The lowest BCUT2D eigenvalue weighted by Gasteiger charge is -2.08. The quantitative estimate of drug-likeness (QED) is 0.736. The van der Waals surface area contributed by atoms with E-state index in [1.807, 2.05) is 36.5 Å². The van der Waals surface area contributed by atoms with Gasteiger partial charge in [0.2, 0.25) is 10.0 Å². The van der Waals surface area contributed by atoms with Gasteiger partial charge in [-0.25, -0.2) is 22.2 Å². The molecule has 0 aliphatic carbocycles. The highest BCUT2D eigenvalue weighted by Gasteiger charge is 2.16.